The average Bonchev–Trinajstić information content (AvgIpc) is 3.08. The summed E-state index contributed by atoms with van der Waals surface area (Å²) in [5.41, 5.74) is 1.79. The van der Waals surface area contributed by atoms with Crippen molar-refractivity contribution in [3.05, 3.63) is 36.4 Å². The zero-order valence-corrected chi connectivity index (χ0v) is 13.7. The summed E-state index contributed by atoms with van der Waals surface area (Å²) in [4.78, 5) is 4.41. The lowest BCUT2D eigenvalue weighted by Crippen LogP contribution is -2.45. The Bertz CT molecular complexity index is 849. The van der Waals surface area contributed by atoms with E-state index in [4.69, 9.17) is 4.74 Å². The molecule has 0 fully saturated rings. The van der Waals surface area contributed by atoms with Gasteiger partial charge in [0.15, 0.2) is 11.5 Å². The number of hydrogen-bond acceptors (Lipinski definition) is 7. The van der Waals surface area contributed by atoms with Gasteiger partial charge >= 0.3 is 0 Å². The van der Waals surface area contributed by atoms with Crippen LogP contribution in [0.5, 0.6) is 5.75 Å². The summed E-state index contributed by atoms with van der Waals surface area (Å²) in [7, 11) is 2.00. The highest BCUT2D eigenvalue weighted by Gasteiger charge is 2.25. The molecule has 8 nitrogen and oxygen atoms in total. The van der Waals surface area contributed by atoms with Crippen LogP contribution < -0.4 is 14.5 Å². The zero-order chi connectivity index (χ0) is 16.5. The number of benzene rings is 1. The SMILES string of the molecule is CCN1C[C@H](CN(C)c2ccc3nnnn3n2)Oc2ccccc21. The summed E-state index contributed by atoms with van der Waals surface area (Å²) in [5, 5.41) is 15.7. The maximum Gasteiger partial charge on any atom is 0.200 e. The molecule has 4 rings (SSSR count). The first-order chi connectivity index (χ1) is 11.7. The maximum absolute atomic E-state index is 6.17. The first-order valence-electron chi connectivity index (χ1n) is 8.02. The molecule has 0 saturated carbocycles. The molecule has 24 heavy (non-hydrogen) atoms. The predicted octanol–water partition coefficient (Wildman–Crippen LogP) is 1.24. The van der Waals surface area contributed by atoms with Gasteiger partial charge in [-0.15, -0.1) is 14.8 Å². The topological polar surface area (TPSA) is 71.7 Å². The molecule has 0 radical (unpaired) electrons. The lowest BCUT2D eigenvalue weighted by atomic mass is 10.2. The molecular weight excluding hydrogens is 306 g/mol. The van der Waals surface area contributed by atoms with Gasteiger partial charge in [0, 0.05) is 13.6 Å². The Morgan fingerprint density at radius 3 is 3.00 bits per heavy atom. The van der Waals surface area contributed by atoms with Crippen molar-refractivity contribution in [3.63, 3.8) is 0 Å². The van der Waals surface area contributed by atoms with Crippen LogP contribution in [0.3, 0.4) is 0 Å². The molecule has 0 unspecified atom stereocenters. The fourth-order valence-electron chi connectivity index (χ4n) is 3.02. The third-order valence-corrected chi connectivity index (χ3v) is 4.23. The van der Waals surface area contributed by atoms with Crippen LogP contribution >= 0.6 is 0 Å². The Kier molecular flexibility index (Phi) is 3.64. The molecule has 1 atom stereocenters. The number of likely N-dealkylation sites (N-methyl/N-ethyl adjacent to an activating group) is 2. The number of aromatic nitrogens is 5. The third kappa shape index (κ3) is 2.60. The molecule has 124 valence electrons. The van der Waals surface area contributed by atoms with Crippen LogP contribution in [0.15, 0.2) is 36.4 Å². The molecule has 1 aliphatic heterocycles. The quantitative estimate of drug-likeness (QED) is 0.714. The minimum Gasteiger partial charge on any atom is -0.485 e. The van der Waals surface area contributed by atoms with Gasteiger partial charge in [-0.25, -0.2) is 0 Å². The number of tetrazole rings is 1. The molecule has 3 aromatic rings. The van der Waals surface area contributed by atoms with Gasteiger partial charge in [0.1, 0.15) is 11.9 Å². The Morgan fingerprint density at radius 1 is 1.25 bits per heavy atom. The lowest BCUT2D eigenvalue weighted by molar-refractivity contribution is 0.200. The largest absolute Gasteiger partial charge is 0.485 e. The van der Waals surface area contributed by atoms with Crippen molar-refractivity contribution in [2.75, 3.05) is 36.5 Å². The molecule has 2 aromatic heterocycles. The molecule has 8 heteroatoms. The van der Waals surface area contributed by atoms with Gasteiger partial charge in [0.2, 0.25) is 0 Å². The normalized spacial score (nSPS) is 16.8. The van der Waals surface area contributed by atoms with Crippen molar-refractivity contribution in [2.45, 2.75) is 13.0 Å². The fraction of sp³-hybridized carbons (Fsp3) is 0.375. The van der Waals surface area contributed by atoms with Crippen LogP contribution in [0.1, 0.15) is 6.92 Å². The van der Waals surface area contributed by atoms with Crippen molar-refractivity contribution < 1.29 is 4.74 Å². The van der Waals surface area contributed by atoms with E-state index in [1.54, 1.807) is 0 Å². The van der Waals surface area contributed by atoms with E-state index in [0.717, 1.165) is 36.9 Å². The number of hydrogen-bond donors (Lipinski definition) is 0. The van der Waals surface area contributed by atoms with Gasteiger partial charge in [0.05, 0.1) is 18.8 Å². The second-order valence-electron chi connectivity index (χ2n) is 5.84. The van der Waals surface area contributed by atoms with Crippen molar-refractivity contribution in [1.82, 2.24) is 25.3 Å². The lowest BCUT2D eigenvalue weighted by Gasteiger charge is -2.37. The molecule has 0 N–H and O–H groups in total. The molecular formula is C16H19N7O. The molecule has 0 bridgehead atoms. The highest BCUT2D eigenvalue weighted by atomic mass is 16.5. The Hall–Kier alpha value is -2.90. The van der Waals surface area contributed by atoms with E-state index in [0.29, 0.717) is 5.65 Å². The van der Waals surface area contributed by atoms with E-state index < -0.39 is 0 Å². The van der Waals surface area contributed by atoms with E-state index in [1.165, 1.54) is 4.63 Å². The summed E-state index contributed by atoms with van der Waals surface area (Å²) < 4.78 is 7.60. The van der Waals surface area contributed by atoms with E-state index >= 15 is 0 Å². The molecule has 0 amide bonds. The molecule has 1 aliphatic rings. The van der Waals surface area contributed by atoms with Crippen molar-refractivity contribution in [1.29, 1.82) is 0 Å². The first kappa shape index (κ1) is 14.7. The molecule has 0 saturated heterocycles. The Balaban J connectivity index is 1.52. The van der Waals surface area contributed by atoms with Gasteiger partial charge < -0.3 is 14.5 Å². The Morgan fingerprint density at radius 2 is 2.12 bits per heavy atom. The van der Waals surface area contributed by atoms with E-state index in [9.17, 15) is 0 Å². The van der Waals surface area contributed by atoms with Gasteiger partial charge in [-0.1, -0.05) is 12.1 Å². The monoisotopic (exact) mass is 325 g/mol. The van der Waals surface area contributed by atoms with Crippen LogP contribution in [0.4, 0.5) is 11.5 Å². The first-order valence-corrected chi connectivity index (χ1v) is 8.02. The summed E-state index contributed by atoms with van der Waals surface area (Å²) in [6.45, 7) is 4.70. The fourth-order valence-corrected chi connectivity index (χ4v) is 3.02. The van der Waals surface area contributed by atoms with Crippen LogP contribution in [-0.2, 0) is 0 Å². The molecule has 1 aromatic carbocycles. The predicted molar refractivity (Wildman–Crippen MR) is 90.6 cm³/mol. The smallest absolute Gasteiger partial charge is 0.200 e. The van der Waals surface area contributed by atoms with Crippen LogP contribution in [0, 0.1) is 0 Å². The maximum atomic E-state index is 6.17. The van der Waals surface area contributed by atoms with Gasteiger partial charge in [-0.2, -0.15) is 0 Å². The number of rotatable bonds is 4. The number of fused-ring (bicyclic) bond motifs is 2. The van der Waals surface area contributed by atoms with Crippen LogP contribution in [0.25, 0.3) is 5.65 Å². The number of ether oxygens (including phenoxy) is 1. The van der Waals surface area contributed by atoms with E-state index in [1.807, 2.05) is 37.4 Å². The number of anilines is 2. The highest BCUT2D eigenvalue weighted by molar-refractivity contribution is 5.60. The van der Waals surface area contributed by atoms with Crippen LogP contribution in [0.2, 0.25) is 0 Å². The minimum atomic E-state index is 0.0659. The van der Waals surface area contributed by atoms with Gasteiger partial charge in [0.25, 0.3) is 0 Å². The van der Waals surface area contributed by atoms with Gasteiger partial charge in [-0.05, 0) is 41.6 Å². The zero-order valence-electron chi connectivity index (χ0n) is 13.7. The third-order valence-electron chi connectivity index (χ3n) is 4.23. The van der Waals surface area contributed by atoms with Crippen molar-refractivity contribution in [2.24, 2.45) is 0 Å². The summed E-state index contributed by atoms with van der Waals surface area (Å²) >= 11 is 0. The van der Waals surface area contributed by atoms with E-state index in [2.05, 4.69) is 43.4 Å². The summed E-state index contributed by atoms with van der Waals surface area (Å²) in [6, 6.07) is 11.9. The molecule has 0 aliphatic carbocycles. The summed E-state index contributed by atoms with van der Waals surface area (Å²) in [6.07, 6.45) is 0.0659. The average molecular weight is 325 g/mol. The van der Waals surface area contributed by atoms with E-state index in [-0.39, 0.29) is 6.10 Å². The highest BCUT2D eigenvalue weighted by Crippen LogP contribution is 2.33. The molecule has 0 spiro atoms. The number of nitrogens with zero attached hydrogens (tertiary/aromatic N) is 7. The minimum absolute atomic E-state index is 0.0659. The second-order valence-corrected chi connectivity index (χ2v) is 5.84. The van der Waals surface area contributed by atoms with Crippen LogP contribution in [-0.4, -0.2) is 58.0 Å². The summed E-state index contributed by atoms with van der Waals surface area (Å²) in [5.74, 6) is 1.74. The Labute approximate surface area is 139 Å². The van der Waals surface area contributed by atoms with Crippen molar-refractivity contribution >= 4 is 17.2 Å². The number of para-hydroxylation sites is 2. The standard InChI is InChI=1S/C16H19N7O/c1-3-22-11-12(24-14-7-5-4-6-13(14)22)10-21(2)16-9-8-15-17-19-20-23(15)18-16/h4-9,12H,3,10-11H2,1-2H3/t12-/m0/s1. The van der Waals surface area contributed by atoms with Crippen molar-refractivity contribution in [3.8, 4) is 5.75 Å². The molecule has 3 heterocycles. The second kappa shape index (κ2) is 5.95. The van der Waals surface area contributed by atoms with Gasteiger partial charge in [-0.3, -0.25) is 0 Å².